The number of rotatable bonds is 7. The van der Waals surface area contributed by atoms with Gasteiger partial charge in [0.1, 0.15) is 0 Å². The van der Waals surface area contributed by atoms with Crippen molar-refractivity contribution in [2.24, 2.45) is 10.9 Å². The maximum Gasteiger partial charge on any atom is 0.240 e. The Balaban J connectivity index is 0.00000320. The van der Waals surface area contributed by atoms with E-state index >= 15 is 0 Å². The fraction of sp³-hybridized carbons (Fsp3) is 0.667. The van der Waals surface area contributed by atoms with Gasteiger partial charge in [0.25, 0.3) is 0 Å². The fourth-order valence-corrected chi connectivity index (χ4v) is 4.92. The zero-order chi connectivity index (χ0) is 20.7. The first-order valence-electron chi connectivity index (χ1n) is 10.6. The van der Waals surface area contributed by atoms with Crippen molar-refractivity contribution in [2.45, 2.75) is 69.0 Å². The summed E-state index contributed by atoms with van der Waals surface area (Å²) in [5.41, 5.74) is 1.00. The van der Waals surface area contributed by atoms with E-state index in [0.717, 1.165) is 30.3 Å². The van der Waals surface area contributed by atoms with Gasteiger partial charge in [-0.2, -0.15) is 0 Å². The molecule has 0 aromatic heterocycles. The molecule has 7 nitrogen and oxygen atoms in total. The molecule has 1 heterocycles. The molecule has 1 atom stereocenters. The van der Waals surface area contributed by atoms with E-state index in [-0.39, 0.29) is 35.0 Å². The lowest BCUT2D eigenvalue weighted by Gasteiger charge is -2.28. The zero-order valence-electron chi connectivity index (χ0n) is 17.9. The molecule has 9 heteroatoms. The molecule has 1 aliphatic heterocycles. The molecule has 1 saturated carbocycles. The van der Waals surface area contributed by atoms with E-state index in [0.29, 0.717) is 25.7 Å². The molecule has 0 spiro atoms. The number of nitrogens with one attached hydrogen (secondary N) is 3. The van der Waals surface area contributed by atoms with Gasteiger partial charge in [0, 0.05) is 32.8 Å². The topological polar surface area (TPSA) is 91.8 Å². The molecule has 0 radical (unpaired) electrons. The molecular formula is C21H35IN4O3S. The standard InChI is InChI=1S/C21H34N4O3S.HI/c1-16-5-9-18(10-6-16)25-21(22-2)23-14-17-7-11-20(12-8-17)29(26,27)24-15-19-4-3-13-28-19;/h7-8,11-12,16,18-19,24H,3-6,9-10,13-15H2,1-2H3,(H2,22,23,25);1H. The van der Waals surface area contributed by atoms with E-state index in [2.05, 4.69) is 27.3 Å². The first-order valence-corrected chi connectivity index (χ1v) is 12.1. The predicted molar refractivity (Wildman–Crippen MR) is 131 cm³/mol. The third-order valence-electron chi connectivity index (χ3n) is 5.80. The smallest absolute Gasteiger partial charge is 0.240 e. The first-order chi connectivity index (χ1) is 14.0. The van der Waals surface area contributed by atoms with Crippen molar-refractivity contribution < 1.29 is 13.2 Å². The Kier molecular flexibility index (Phi) is 10.3. The molecule has 0 amide bonds. The molecule has 1 unspecified atom stereocenters. The highest BCUT2D eigenvalue weighted by molar-refractivity contribution is 14.0. The number of nitrogens with zero attached hydrogens (tertiary/aromatic N) is 1. The SMILES string of the molecule is CN=C(NCc1ccc(S(=O)(=O)NCC2CCCO2)cc1)NC1CCC(C)CC1.I. The van der Waals surface area contributed by atoms with Crippen LogP contribution in [-0.2, 0) is 21.3 Å². The number of benzene rings is 1. The molecule has 1 aromatic rings. The monoisotopic (exact) mass is 550 g/mol. The summed E-state index contributed by atoms with van der Waals surface area (Å²) in [5, 5.41) is 6.82. The molecule has 30 heavy (non-hydrogen) atoms. The maximum atomic E-state index is 12.4. The maximum absolute atomic E-state index is 12.4. The third-order valence-corrected chi connectivity index (χ3v) is 7.24. The second kappa shape index (κ2) is 12.2. The zero-order valence-corrected chi connectivity index (χ0v) is 21.0. The van der Waals surface area contributed by atoms with Crippen molar-refractivity contribution >= 4 is 40.0 Å². The average molecular weight is 551 g/mol. The van der Waals surface area contributed by atoms with Crippen LogP contribution in [0.2, 0.25) is 0 Å². The van der Waals surface area contributed by atoms with Gasteiger partial charge >= 0.3 is 0 Å². The molecule has 1 saturated heterocycles. The largest absolute Gasteiger partial charge is 0.377 e. The van der Waals surface area contributed by atoms with Crippen molar-refractivity contribution in [2.75, 3.05) is 20.2 Å². The molecule has 2 aliphatic rings. The van der Waals surface area contributed by atoms with Gasteiger partial charge in [0.05, 0.1) is 11.0 Å². The van der Waals surface area contributed by atoms with Crippen molar-refractivity contribution in [1.29, 1.82) is 0 Å². The molecule has 3 rings (SSSR count). The summed E-state index contributed by atoms with van der Waals surface area (Å²) < 4.78 is 33.0. The number of guanidine groups is 1. The van der Waals surface area contributed by atoms with Crippen LogP contribution in [-0.4, -0.2) is 46.7 Å². The summed E-state index contributed by atoms with van der Waals surface area (Å²) in [6.07, 6.45) is 6.74. The van der Waals surface area contributed by atoms with Crippen LogP contribution in [0.5, 0.6) is 0 Å². The summed E-state index contributed by atoms with van der Waals surface area (Å²) in [6, 6.07) is 7.44. The summed E-state index contributed by atoms with van der Waals surface area (Å²) in [4.78, 5) is 4.59. The number of ether oxygens (including phenoxy) is 1. The first kappa shape index (κ1) is 25.4. The van der Waals surface area contributed by atoms with Gasteiger partial charge in [-0.15, -0.1) is 24.0 Å². The normalized spacial score (nSPS) is 24.9. The van der Waals surface area contributed by atoms with E-state index in [4.69, 9.17) is 4.74 Å². The Morgan fingerprint density at radius 3 is 2.43 bits per heavy atom. The van der Waals surface area contributed by atoms with E-state index in [9.17, 15) is 8.42 Å². The van der Waals surface area contributed by atoms with Crippen molar-refractivity contribution in [3.8, 4) is 0 Å². The van der Waals surface area contributed by atoms with Crippen LogP contribution in [0.1, 0.15) is 51.0 Å². The van der Waals surface area contributed by atoms with E-state index in [1.807, 2.05) is 12.1 Å². The fourth-order valence-electron chi connectivity index (χ4n) is 3.86. The lowest BCUT2D eigenvalue weighted by molar-refractivity contribution is 0.114. The lowest BCUT2D eigenvalue weighted by atomic mass is 9.87. The molecule has 1 aliphatic carbocycles. The number of halogens is 1. The Hall–Kier alpha value is -0.910. The third kappa shape index (κ3) is 7.65. The highest BCUT2D eigenvalue weighted by Crippen LogP contribution is 2.23. The predicted octanol–water partition coefficient (Wildman–Crippen LogP) is 3.01. The van der Waals surface area contributed by atoms with Crippen LogP contribution in [0.3, 0.4) is 0 Å². The summed E-state index contributed by atoms with van der Waals surface area (Å²) in [5.74, 6) is 1.61. The molecule has 2 fully saturated rings. The molecule has 0 bridgehead atoms. The van der Waals surface area contributed by atoms with Gasteiger partial charge in [-0.05, 0) is 62.1 Å². The van der Waals surface area contributed by atoms with Crippen LogP contribution >= 0.6 is 24.0 Å². The number of hydrogen-bond acceptors (Lipinski definition) is 4. The quantitative estimate of drug-likeness (QED) is 0.276. The van der Waals surface area contributed by atoms with Crippen molar-refractivity contribution in [1.82, 2.24) is 15.4 Å². The van der Waals surface area contributed by atoms with Crippen molar-refractivity contribution in [3.63, 3.8) is 0 Å². The molecular weight excluding hydrogens is 515 g/mol. The van der Waals surface area contributed by atoms with E-state index in [1.165, 1.54) is 25.7 Å². The van der Waals surface area contributed by atoms with Gasteiger partial charge in [-0.25, -0.2) is 13.1 Å². The Labute approximate surface area is 197 Å². The van der Waals surface area contributed by atoms with Crippen LogP contribution in [0.25, 0.3) is 0 Å². The number of hydrogen-bond donors (Lipinski definition) is 3. The summed E-state index contributed by atoms with van der Waals surface area (Å²) in [6.45, 7) is 3.94. The summed E-state index contributed by atoms with van der Waals surface area (Å²) in [7, 11) is -1.74. The van der Waals surface area contributed by atoms with Gasteiger partial charge in [0.15, 0.2) is 5.96 Å². The Morgan fingerprint density at radius 1 is 1.13 bits per heavy atom. The van der Waals surface area contributed by atoms with Gasteiger partial charge < -0.3 is 15.4 Å². The Morgan fingerprint density at radius 2 is 1.83 bits per heavy atom. The molecule has 1 aromatic carbocycles. The highest BCUT2D eigenvalue weighted by Gasteiger charge is 2.21. The van der Waals surface area contributed by atoms with Crippen molar-refractivity contribution in [3.05, 3.63) is 29.8 Å². The molecule has 170 valence electrons. The minimum Gasteiger partial charge on any atom is -0.377 e. The van der Waals surface area contributed by atoms with Gasteiger partial charge in [-0.3, -0.25) is 4.99 Å². The second-order valence-corrected chi connectivity index (χ2v) is 9.92. The highest BCUT2D eigenvalue weighted by atomic mass is 127. The van der Waals surface area contributed by atoms with E-state index in [1.54, 1.807) is 19.2 Å². The van der Waals surface area contributed by atoms with Crippen LogP contribution < -0.4 is 15.4 Å². The lowest BCUT2D eigenvalue weighted by Crippen LogP contribution is -2.44. The number of aliphatic imine (C=N–C) groups is 1. The van der Waals surface area contributed by atoms with Crippen LogP contribution in [0.4, 0.5) is 0 Å². The second-order valence-electron chi connectivity index (χ2n) is 8.16. The van der Waals surface area contributed by atoms with Crippen LogP contribution in [0.15, 0.2) is 34.2 Å². The number of sulfonamides is 1. The van der Waals surface area contributed by atoms with Gasteiger partial charge in [0.2, 0.25) is 10.0 Å². The molecule has 3 N–H and O–H groups in total. The minimum atomic E-state index is -3.51. The summed E-state index contributed by atoms with van der Waals surface area (Å²) >= 11 is 0. The van der Waals surface area contributed by atoms with Crippen LogP contribution in [0, 0.1) is 5.92 Å². The van der Waals surface area contributed by atoms with E-state index < -0.39 is 10.0 Å². The Bertz CT molecular complexity index is 772. The average Bonchev–Trinajstić information content (AvgIpc) is 3.25. The van der Waals surface area contributed by atoms with Gasteiger partial charge in [-0.1, -0.05) is 19.1 Å². The minimum absolute atomic E-state index is 0.